The summed E-state index contributed by atoms with van der Waals surface area (Å²) in [6.07, 6.45) is 6.32. The Bertz CT molecular complexity index is 336. The van der Waals surface area contributed by atoms with E-state index in [1.807, 2.05) is 37.4 Å². The summed E-state index contributed by atoms with van der Waals surface area (Å²) in [6, 6.07) is 10.5. The molecule has 2 rings (SSSR count). The average Bonchev–Trinajstić information content (AvgIpc) is 2.97. The summed E-state index contributed by atoms with van der Waals surface area (Å²) in [7, 11) is 2.03. The van der Waals surface area contributed by atoms with Crippen LogP contribution in [-0.2, 0) is 4.74 Å². The summed E-state index contributed by atoms with van der Waals surface area (Å²) < 4.78 is 11.4. The Hall–Kier alpha value is -1.06. The summed E-state index contributed by atoms with van der Waals surface area (Å²) in [6.45, 7) is 1.72. The molecule has 19 heavy (non-hydrogen) atoms. The van der Waals surface area contributed by atoms with Crippen LogP contribution in [0.15, 0.2) is 30.3 Å². The molecule has 1 aromatic carbocycles. The van der Waals surface area contributed by atoms with Gasteiger partial charge in [-0.1, -0.05) is 18.2 Å². The highest BCUT2D eigenvalue weighted by Crippen LogP contribution is 2.18. The van der Waals surface area contributed by atoms with Crippen molar-refractivity contribution in [3.63, 3.8) is 0 Å². The zero-order valence-electron chi connectivity index (χ0n) is 11.8. The van der Waals surface area contributed by atoms with Gasteiger partial charge >= 0.3 is 0 Å². The van der Waals surface area contributed by atoms with Crippen molar-refractivity contribution in [2.75, 3.05) is 20.3 Å². The van der Waals surface area contributed by atoms with Crippen molar-refractivity contribution in [2.24, 2.45) is 0 Å². The molecule has 1 aromatic rings. The van der Waals surface area contributed by atoms with Crippen LogP contribution in [0.3, 0.4) is 0 Å². The van der Waals surface area contributed by atoms with E-state index in [-0.39, 0.29) is 0 Å². The zero-order chi connectivity index (χ0) is 13.3. The predicted octanol–water partition coefficient (Wildman–Crippen LogP) is 3.00. The lowest BCUT2D eigenvalue weighted by atomic mass is 10.0. The Morgan fingerprint density at radius 3 is 2.84 bits per heavy atom. The van der Waals surface area contributed by atoms with Gasteiger partial charge in [-0.15, -0.1) is 0 Å². The summed E-state index contributed by atoms with van der Waals surface area (Å²) >= 11 is 0. The molecule has 0 saturated carbocycles. The molecule has 3 heteroatoms. The summed E-state index contributed by atoms with van der Waals surface area (Å²) in [5, 5.41) is 3.38. The number of nitrogens with one attached hydrogen (secondary N) is 1. The fourth-order valence-corrected chi connectivity index (χ4v) is 2.53. The smallest absolute Gasteiger partial charge is 0.119 e. The third-order valence-corrected chi connectivity index (χ3v) is 3.75. The minimum absolute atomic E-state index is 0.492. The minimum Gasteiger partial charge on any atom is -0.494 e. The van der Waals surface area contributed by atoms with Crippen LogP contribution in [0.4, 0.5) is 0 Å². The molecule has 1 fully saturated rings. The second-order valence-electron chi connectivity index (χ2n) is 5.15. The molecule has 2 atom stereocenters. The molecule has 0 amide bonds. The standard InChI is InChI=1S/C16H25NO2/c1-17-14(9-10-16-8-5-12-18-16)11-13-19-15-6-3-2-4-7-15/h2-4,6-7,14,16-17H,5,8-13H2,1H3. The third-order valence-electron chi connectivity index (χ3n) is 3.75. The van der Waals surface area contributed by atoms with Crippen LogP contribution in [0.5, 0.6) is 5.75 Å². The van der Waals surface area contributed by atoms with Gasteiger partial charge in [0.25, 0.3) is 0 Å². The van der Waals surface area contributed by atoms with Gasteiger partial charge in [0.15, 0.2) is 0 Å². The number of hydrogen-bond acceptors (Lipinski definition) is 3. The molecule has 1 heterocycles. The van der Waals surface area contributed by atoms with Gasteiger partial charge in [-0.05, 0) is 51.3 Å². The first kappa shape index (κ1) is 14.4. The lowest BCUT2D eigenvalue weighted by molar-refractivity contribution is 0.0989. The average molecular weight is 263 g/mol. The molecule has 0 bridgehead atoms. The Kier molecular flexibility index (Phi) is 6.18. The van der Waals surface area contributed by atoms with Crippen molar-refractivity contribution in [3.8, 4) is 5.75 Å². The Morgan fingerprint density at radius 2 is 2.16 bits per heavy atom. The van der Waals surface area contributed by atoms with Gasteiger partial charge in [0.1, 0.15) is 5.75 Å². The van der Waals surface area contributed by atoms with E-state index in [0.717, 1.165) is 31.8 Å². The van der Waals surface area contributed by atoms with Crippen molar-refractivity contribution in [2.45, 2.75) is 44.2 Å². The molecule has 0 spiro atoms. The summed E-state index contributed by atoms with van der Waals surface area (Å²) in [5.41, 5.74) is 0. The monoisotopic (exact) mass is 263 g/mol. The van der Waals surface area contributed by atoms with E-state index in [2.05, 4.69) is 5.32 Å². The highest BCUT2D eigenvalue weighted by atomic mass is 16.5. The summed E-state index contributed by atoms with van der Waals surface area (Å²) in [4.78, 5) is 0. The molecule has 0 radical (unpaired) electrons. The third kappa shape index (κ3) is 5.21. The number of rotatable bonds is 8. The largest absolute Gasteiger partial charge is 0.494 e. The fourth-order valence-electron chi connectivity index (χ4n) is 2.53. The Morgan fingerprint density at radius 1 is 1.32 bits per heavy atom. The molecule has 106 valence electrons. The van der Waals surface area contributed by atoms with Crippen molar-refractivity contribution in [3.05, 3.63) is 30.3 Å². The van der Waals surface area contributed by atoms with Gasteiger partial charge in [-0.25, -0.2) is 0 Å². The number of hydrogen-bond donors (Lipinski definition) is 1. The molecular formula is C16H25NO2. The molecule has 3 nitrogen and oxygen atoms in total. The second-order valence-corrected chi connectivity index (χ2v) is 5.15. The van der Waals surface area contributed by atoms with E-state index in [0.29, 0.717) is 12.1 Å². The van der Waals surface area contributed by atoms with E-state index in [9.17, 15) is 0 Å². The first-order valence-corrected chi connectivity index (χ1v) is 7.35. The Labute approximate surface area is 116 Å². The normalized spacial score (nSPS) is 20.4. The van der Waals surface area contributed by atoms with Gasteiger partial charge in [0.05, 0.1) is 12.7 Å². The SMILES string of the molecule is CNC(CCOc1ccccc1)CCC1CCCO1. The lowest BCUT2D eigenvalue weighted by Crippen LogP contribution is -2.28. The van der Waals surface area contributed by atoms with Crippen LogP contribution < -0.4 is 10.1 Å². The molecule has 1 saturated heterocycles. The van der Waals surface area contributed by atoms with Crippen LogP contribution in [0.1, 0.15) is 32.1 Å². The van der Waals surface area contributed by atoms with E-state index < -0.39 is 0 Å². The highest BCUT2D eigenvalue weighted by molar-refractivity contribution is 5.20. The van der Waals surface area contributed by atoms with Crippen LogP contribution in [-0.4, -0.2) is 32.4 Å². The van der Waals surface area contributed by atoms with Crippen molar-refractivity contribution >= 4 is 0 Å². The van der Waals surface area contributed by atoms with Crippen LogP contribution in [0.2, 0.25) is 0 Å². The second kappa shape index (κ2) is 8.18. The van der Waals surface area contributed by atoms with E-state index in [4.69, 9.17) is 9.47 Å². The van der Waals surface area contributed by atoms with Crippen LogP contribution >= 0.6 is 0 Å². The number of benzene rings is 1. The van der Waals surface area contributed by atoms with E-state index in [1.54, 1.807) is 0 Å². The highest BCUT2D eigenvalue weighted by Gasteiger charge is 2.17. The Balaban J connectivity index is 1.61. The molecule has 1 N–H and O–H groups in total. The van der Waals surface area contributed by atoms with E-state index in [1.165, 1.54) is 19.3 Å². The van der Waals surface area contributed by atoms with Crippen LogP contribution in [0, 0.1) is 0 Å². The first-order chi connectivity index (χ1) is 9.38. The molecular weight excluding hydrogens is 238 g/mol. The molecule has 0 aromatic heterocycles. The molecule has 1 aliphatic rings. The van der Waals surface area contributed by atoms with E-state index >= 15 is 0 Å². The number of para-hydroxylation sites is 1. The minimum atomic E-state index is 0.492. The van der Waals surface area contributed by atoms with Gasteiger partial charge in [-0.3, -0.25) is 0 Å². The fraction of sp³-hybridized carbons (Fsp3) is 0.625. The van der Waals surface area contributed by atoms with Crippen molar-refractivity contribution in [1.82, 2.24) is 5.32 Å². The van der Waals surface area contributed by atoms with Gasteiger partial charge in [0, 0.05) is 12.6 Å². The van der Waals surface area contributed by atoms with Crippen LogP contribution in [0.25, 0.3) is 0 Å². The predicted molar refractivity (Wildman–Crippen MR) is 77.6 cm³/mol. The van der Waals surface area contributed by atoms with Crippen molar-refractivity contribution < 1.29 is 9.47 Å². The lowest BCUT2D eigenvalue weighted by Gasteiger charge is -2.18. The quantitative estimate of drug-likeness (QED) is 0.782. The summed E-state index contributed by atoms with van der Waals surface area (Å²) in [5.74, 6) is 0.955. The maximum atomic E-state index is 5.74. The van der Waals surface area contributed by atoms with Gasteiger partial charge in [-0.2, -0.15) is 0 Å². The zero-order valence-corrected chi connectivity index (χ0v) is 11.8. The molecule has 1 aliphatic heterocycles. The van der Waals surface area contributed by atoms with Gasteiger partial charge < -0.3 is 14.8 Å². The van der Waals surface area contributed by atoms with Crippen molar-refractivity contribution in [1.29, 1.82) is 0 Å². The number of ether oxygens (including phenoxy) is 2. The topological polar surface area (TPSA) is 30.5 Å². The van der Waals surface area contributed by atoms with Gasteiger partial charge in [0.2, 0.25) is 0 Å². The molecule has 0 aliphatic carbocycles. The first-order valence-electron chi connectivity index (χ1n) is 7.35. The molecule has 2 unspecified atom stereocenters. The maximum Gasteiger partial charge on any atom is 0.119 e. The maximum absolute atomic E-state index is 5.74.